The van der Waals surface area contributed by atoms with Crippen molar-refractivity contribution in [1.82, 2.24) is 14.9 Å². The summed E-state index contributed by atoms with van der Waals surface area (Å²) in [6.45, 7) is 4.08. The predicted octanol–water partition coefficient (Wildman–Crippen LogP) is 2.46. The smallest absolute Gasteiger partial charge is 0.261 e. The van der Waals surface area contributed by atoms with E-state index in [1.807, 2.05) is 13.0 Å². The summed E-state index contributed by atoms with van der Waals surface area (Å²) < 4.78 is 14.6. The standard InChI is InChI=1S/C20H21FN4O2/c1-13-9-15(21)7-8-17(13)24-19(26)10-22-14(2)11-25-12-23-18-6-4-3-5-16(18)20(25)27/h3-9,12,14,22H,10-11H2,1-2H3,(H,24,26)/t14-/m0/s1. The van der Waals surface area contributed by atoms with Gasteiger partial charge in [-0.2, -0.15) is 0 Å². The van der Waals surface area contributed by atoms with E-state index in [0.717, 1.165) is 0 Å². The first-order valence-electron chi connectivity index (χ1n) is 8.67. The first-order valence-corrected chi connectivity index (χ1v) is 8.67. The fraction of sp³-hybridized carbons (Fsp3) is 0.250. The van der Waals surface area contributed by atoms with Crippen molar-refractivity contribution in [3.8, 4) is 0 Å². The normalized spacial score (nSPS) is 12.1. The number of carbonyl (C=O) groups is 1. The Hall–Kier alpha value is -3.06. The first-order chi connectivity index (χ1) is 12.9. The summed E-state index contributed by atoms with van der Waals surface area (Å²) in [7, 11) is 0. The monoisotopic (exact) mass is 368 g/mol. The van der Waals surface area contributed by atoms with Crippen LogP contribution in [-0.2, 0) is 11.3 Å². The number of nitrogens with one attached hydrogen (secondary N) is 2. The van der Waals surface area contributed by atoms with E-state index in [1.165, 1.54) is 29.1 Å². The molecule has 27 heavy (non-hydrogen) atoms. The highest BCUT2D eigenvalue weighted by atomic mass is 19.1. The maximum absolute atomic E-state index is 13.1. The number of hydrogen-bond donors (Lipinski definition) is 2. The van der Waals surface area contributed by atoms with Crippen molar-refractivity contribution < 1.29 is 9.18 Å². The zero-order valence-electron chi connectivity index (χ0n) is 15.2. The minimum atomic E-state index is -0.341. The van der Waals surface area contributed by atoms with Crippen LogP contribution in [0.25, 0.3) is 10.9 Å². The third-order valence-electron chi connectivity index (χ3n) is 4.28. The molecule has 0 saturated heterocycles. The number of rotatable bonds is 6. The van der Waals surface area contributed by atoms with Crippen LogP contribution in [0.4, 0.5) is 10.1 Å². The third kappa shape index (κ3) is 4.57. The highest BCUT2D eigenvalue weighted by molar-refractivity contribution is 5.92. The van der Waals surface area contributed by atoms with Gasteiger partial charge in [-0.3, -0.25) is 14.2 Å². The van der Waals surface area contributed by atoms with Gasteiger partial charge in [0, 0.05) is 18.3 Å². The molecule has 6 nitrogen and oxygen atoms in total. The van der Waals surface area contributed by atoms with Crippen LogP contribution in [0.1, 0.15) is 12.5 Å². The minimum Gasteiger partial charge on any atom is -0.325 e. The van der Waals surface area contributed by atoms with Crippen LogP contribution >= 0.6 is 0 Å². The maximum atomic E-state index is 13.1. The molecule has 0 aliphatic heterocycles. The molecule has 1 aromatic heterocycles. The SMILES string of the molecule is Cc1cc(F)ccc1NC(=O)CN[C@@H](C)Cn1cnc2ccccc2c1=O. The molecule has 0 unspecified atom stereocenters. The van der Waals surface area contributed by atoms with Crippen LogP contribution < -0.4 is 16.2 Å². The summed E-state index contributed by atoms with van der Waals surface area (Å²) >= 11 is 0. The number of aromatic nitrogens is 2. The van der Waals surface area contributed by atoms with Crippen molar-refractivity contribution in [3.05, 3.63) is 70.5 Å². The van der Waals surface area contributed by atoms with Crippen LogP contribution in [0.5, 0.6) is 0 Å². The van der Waals surface area contributed by atoms with Gasteiger partial charge in [0.05, 0.1) is 23.8 Å². The number of hydrogen-bond acceptors (Lipinski definition) is 4. The van der Waals surface area contributed by atoms with Gasteiger partial charge in [0.25, 0.3) is 5.56 Å². The average molecular weight is 368 g/mol. The number of carbonyl (C=O) groups excluding carboxylic acids is 1. The van der Waals surface area contributed by atoms with Crippen LogP contribution in [0.15, 0.2) is 53.6 Å². The second kappa shape index (κ2) is 8.09. The molecule has 0 saturated carbocycles. The van der Waals surface area contributed by atoms with Crippen molar-refractivity contribution in [2.75, 3.05) is 11.9 Å². The molecule has 0 radical (unpaired) electrons. The number of fused-ring (bicyclic) bond motifs is 1. The molecule has 2 N–H and O–H groups in total. The second-order valence-corrected chi connectivity index (χ2v) is 6.51. The van der Waals surface area contributed by atoms with Crippen molar-refractivity contribution in [2.24, 2.45) is 0 Å². The molecule has 7 heteroatoms. The Kier molecular flexibility index (Phi) is 5.61. The number of amides is 1. The minimum absolute atomic E-state index is 0.0771. The van der Waals surface area contributed by atoms with Gasteiger partial charge in [-0.25, -0.2) is 9.37 Å². The van der Waals surface area contributed by atoms with Crippen LogP contribution in [0.2, 0.25) is 0 Å². The van der Waals surface area contributed by atoms with E-state index >= 15 is 0 Å². The van der Waals surface area contributed by atoms with E-state index in [1.54, 1.807) is 25.1 Å². The number of aryl methyl sites for hydroxylation is 1. The number of benzene rings is 2. The second-order valence-electron chi connectivity index (χ2n) is 6.51. The van der Waals surface area contributed by atoms with Gasteiger partial charge in [0.15, 0.2) is 0 Å². The van der Waals surface area contributed by atoms with Crippen LogP contribution in [0.3, 0.4) is 0 Å². The van der Waals surface area contributed by atoms with E-state index < -0.39 is 0 Å². The summed E-state index contributed by atoms with van der Waals surface area (Å²) in [6.07, 6.45) is 1.52. The van der Waals surface area contributed by atoms with E-state index in [0.29, 0.717) is 28.7 Å². The average Bonchev–Trinajstić information content (AvgIpc) is 2.65. The van der Waals surface area contributed by atoms with Gasteiger partial charge in [0.1, 0.15) is 5.82 Å². The lowest BCUT2D eigenvalue weighted by Crippen LogP contribution is -2.39. The molecule has 1 amide bonds. The number of halogens is 1. The summed E-state index contributed by atoms with van der Waals surface area (Å²) in [6, 6.07) is 11.3. The van der Waals surface area contributed by atoms with Gasteiger partial charge in [-0.1, -0.05) is 12.1 Å². The molecule has 1 heterocycles. The Morgan fingerprint density at radius 1 is 1.26 bits per heavy atom. The topological polar surface area (TPSA) is 76.0 Å². The van der Waals surface area contributed by atoms with Gasteiger partial charge in [0.2, 0.25) is 5.91 Å². The Labute approximate surface area is 156 Å². The van der Waals surface area contributed by atoms with Crippen molar-refractivity contribution >= 4 is 22.5 Å². The van der Waals surface area contributed by atoms with Gasteiger partial charge < -0.3 is 10.6 Å². The number of anilines is 1. The number of nitrogens with zero attached hydrogens (tertiary/aromatic N) is 2. The Bertz CT molecular complexity index is 1030. The Morgan fingerprint density at radius 2 is 2.04 bits per heavy atom. The van der Waals surface area contributed by atoms with E-state index in [4.69, 9.17) is 0 Å². The molecular weight excluding hydrogens is 347 g/mol. The summed E-state index contributed by atoms with van der Waals surface area (Å²) in [5.41, 5.74) is 1.78. The predicted molar refractivity (Wildman–Crippen MR) is 103 cm³/mol. The molecule has 140 valence electrons. The Morgan fingerprint density at radius 3 is 2.81 bits per heavy atom. The zero-order chi connectivity index (χ0) is 19.4. The molecule has 0 aliphatic carbocycles. The molecule has 3 rings (SSSR count). The molecule has 0 aliphatic rings. The molecule has 0 fully saturated rings. The van der Waals surface area contributed by atoms with Crippen molar-refractivity contribution in [3.63, 3.8) is 0 Å². The maximum Gasteiger partial charge on any atom is 0.261 e. The lowest BCUT2D eigenvalue weighted by Gasteiger charge is -2.16. The highest BCUT2D eigenvalue weighted by Crippen LogP contribution is 2.15. The quantitative estimate of drug-likeness (QED) is 0.701. The molecule has 1 atom stereocenters. The molecule has 0 bridgehead atoms. The first kappa shape index (κ1) is 18.7. The third-order valence-corrected chi connectivity index (χ3v) is 4.28. The lowest BCUT2D eigenvalue weighted by molar-refractivity contribution is -0.115. The zero-order valence-corrected chi connectivity index (χ0v) is 15.2. The van der Waals surface area contributed by atoms with Crippen LogP contribution in [0, 0.1) is 12.7 Å². The lowest BCUT2D eigenvalue weighted by atomic mass is 10.2. The summed E-state index contributed by atoms with van der Waals surface area (Å²) in [4.78, 5) is 28.9. The molecule has 2 aromatic carbocycles. The highest BCUT2D eigenvalue weighted by Gasteiger charge is 2.10. The largest absolute Gasteiger partial charge is 0.325 e. The van der Waals surface area contributed by atoms with E-state index in [2.05, 4.69) is 15.6 Å². The summed E-state index contributed by atoms with van der Waals surface area (Å²) in [5, 5.41) is 6.39. The fourth-order valence-electron chi connectivity index (χ4n) is 2.82. The van der Waals surface area contributed by atoms with E-state index in [9.17, 15) is 14.0 Å². The van der Waals surface area contributed by atoms with E-state index in [-0.39, 0.29) is 29.9 Å². The molecule has 0 spiro atoms. The van der Waals surface area contributed by atoms with Gasteiger partial charge >= 0.3 is 0 Å². The van der Waals surface area contributed by atoms with Crippen molar-refractivity contribution in [1.29, 1.82) is 0 Å². The summed E-state index contributed by atoms with van der Waals surface area (Å²) in [5.74, 6) is -0.577. The number of para-hydroxylation sites is 1. The van der Waals surface area contributed by atoms with Gasteiger partial charge in [-0.05, 0) is 49.7 Å². The fourth-order valence-corrected chi connectivity index (χ4v) is 2.82. The molecular formula is C20H21FN4O2. The van der Waals surface area contributed by atoms with Crippen molar-refractivity contribution in [2.45, 2.75) is 26.4 Å². The van der Waals surface area contributed by atoms with Gasteiger partial charge in [-0.15, -0.1) is 0 Å². The molecule has 3 aromatic rings. The Balaban J connectivity index is 1.58. The van der Waals surface area contributed by atoms with Crippen LogP contribution in [-0.4, -0.2) is 28.0 Å².